The second-order valence-electron chi connectivity index (χ2n) is 4.91. The Morgan fingerprint density at radius 3 is 2.00 bits per heavy atom. The average Bonchev–Trinajstić information content (AvgIpc) is 2.39. The van der Waals surface area contributed by atoms with E-state index in [4.69, 9.17) is 17.3 Å². The minimum atomic E-state index is -0.553. The summed E-state index contributed by atoms with van der Waals surface area (Å²) in [5, 5.41) is 0.685. The Bertz CT molecular complexity index is 549. The molecule has 4 heteroatoms. The van der Waals surface area contributed by atoms with Gasteiger partial charge >= 0.3 is 0 Å². The number of hydrogen-bond acceptors (Lipinski definition) is 1. The Morgan fingerprint density at radius 1 is 0.900 bits per heavy atom. The SMILES string of the molecule is NCC(Cc1ccc(Cl)cc1)Cc1cc(F)cc(F)c1. The van der Waals surface area contributed by atoms with E-state index in [0.29, 0.717) is 23.6 Å². The van der Waals surface area contributed by atoms with Gasteiger partial charge in [0.05, 0.1) is 0 Å². The van der Waals surface area contributed by atoms with Crippen molar-refractivity contribution in [2.75, 3.05) is 6.54 Å². The summed E-state index contributed by atoms with van der Waals surface area (Å²) in [5.41, 5.74) is 7.51. The van der Waals surface area contributed by atoms with Gasteiger partial charge in [-0.15, -0.1) is 0 Å². The van der Waals surface area contributed by atoms with Crippen LogP contribution in [-0.2, 0) is 12.8 Å². The van der Waals surface area contributed by atoms with Crippen molar-refractivity contribution in [2.45, 2.75) is 12.8 Å². The molecular weight excluding hydrogens is 280 g/mol. The standard InChI is InChI=1S/C16H16ClF2N/c17-14-3-1-11(2-4-14)5-13(10-20)6-12-7-15(18)9-16(19)8-12/h1-4,7-9,13H,5-6,10,20H2. The molecule has 1 nitrogen and oxygen atoms in total. The summed E-state index contributed by atoms with van der Waals surface area (Å²) >= 11 is 5.84. The van der Waals surface area contributed by atoms with Gasteiger partial charge in [0.25, 0.3) is 0 Å². The molecule has 0 aliphatic rings. The molecule has 0 saturated heterocycles. The fourth-order valence-electron chi connectivity index (χ4n) is 2.25. The van der Waals surface area contributed by atoms with Crippen molar-refractivity contribution < 1.29 is 8.78 Å². The summed E-state index contributed by atoms with van der Waals surface area (Å²) in [5.74, 6) is -0.970. The van der Waals surface area contributed by atoms with Gasteiger partial charge in [-0.2, -0.15) is 0 Å². The molecule has 0 aromatic heterocycles. The lowest BCUT2D eigenvalue weighted by atomic mass is 9.92. The van der Waals surface area contributed by atoms with Gasteiger partial charge in [-0.05, 0) is 60.7 Å². The third kappa shape index (κ3) is 4.29. The van der Waals surface area contributed by atoms with E-state index < -0.39 is 11.6 Å². The van der Waals surface area contributed by atoms with E-state index >= 15 is 0 Å². The first kappa shape index (κ1) is 14.9. The first-order valence-electron chi connectivity index (χ1n) is 6.46. The van der Waals surface area contributed by atoms with Crippen LogP contribution in [0.3, 0.4) is 0 Å². The van der Waals surface area contributed by atoms with Gasteiger partial charge in [0, 0.05) is 11.1 Å². The summed E-state index contributed by atoms with van der Waals surface area (Å²) < 4.78 is 26.3. The maximum absolute atomic E-state index is 13.2. The van der Waals surface area contributed by atoms with E-state index in [1.165, 1.54) is 12.1 Å². The van der Waals surface area contributed by atoms with Crippen LogP contribution in [-0.4, -0.2) is 6.54 Å². The second-order valence-corrected chi connectivity index (χ2v) is 5.35. The normalized spacial score (nSPS) is 12.4. The van der Waals surface area contributed by atoms with Crippen LogP contribution in [0.15, 0.2) is 42.5 Å². The smallest absolute Gasteiger partial charge is 0.126 e. The van der Waals surface area contributed by atoms with Crippen LogP contribution in [0.1, 0.15) is 11.1 Å². The molecule has 2 aromatic rings. The zero-order chi connectivity index (χ0) is 14.5. The van der Waals surface area contributed by atoms with Gasteiger partial charge in [-0.1, -0.05) is 23.7 Å². The molecule has 2 aromatic carbocycles. The zero-order valence-corrected chi connectivity index (χ0v) is 11.7. The number of benzene rings is 2. The first-order chi connectivity index (χ1) is 9.56. The Morgan fingerprint density at radius 2 is 1.45 bits per heavy atom. The van der Waals surface area contributed by atoms with Crippen molar-refractivity contribution in [3.8, 4) is 0 Å². The molecule has 0 amide bonds. The van der Waals surface area contributed by atoms with Crippen LogP contribution >= 0.6 is 11.6 Å². The maximum atomic E-state index is 13.2. The molecule has 0 spiro atoms. The van der Waals surface area contributed by atoms with E-state index in [9.17, 15) is 8.78 Å². The van der Waals surface area contributed by atoms with Crippen LogP contribution in [0.5, 0.6) is 0 Å². The predicted octanol–water partition coefficient (Wildman–Crippen LogP) is 3.98. The molecule has 0 aliphatic carbocycles. The largest absolute Gasteiger partial charge is 0.330 e. The van der Waals surface area contributed by atoms with Crippen LogP contribution in [0.2, 0.25) is 5.02 Å². The monoisotopic (exact) mass is 295 g/mol. The molecule has 0 heterocycles. The Hall–Kier alpha value is -1.45. The molecule has 20 heavy (non-hydrogen) atoms. The second kappa shape index (κ2) is 6.82. The minimum Gasteiger partial charge on any atom is -0.330 e. The van der Waals surface area contributed by atoms with E-state index in [1.807, 2.05) is 24.3 Å². The fraction of sp³-hybridized carbons (Fsp3) is 0.250. The zero-order valence-electron chi connectivity index (χ0n) is 11.0. The van der Waals surface area contributed by atoms with Crippen molar-refractivity contribution in [1.29, 1.82) is 0 Å². The van der Waals surface area contributed by atoms with Crippen LogP contribution in [0.4, 0.5) is 8.78 Å². The number of halogens is 3. The van der Waals surface area contributed by atoms with Crippen LogP contribution in [0.25, 0.3) is 0 Å². The van der Waals surface area contributed by atoms with Gasteiger partial charge in [-0.3, -0.25) is 0 Å². The first-order valence-corrected chi connectivity index (χ1v) is 6.84. The predicted molar refractivity (Wildman–Crippen MR) is 77.8 cm³/mol. The lowest BCUT2D eigenvalue weighted by molar-refractivity contribution is 0.524. The van der Waals surface area contributed by atoms with E-state index in [2.05, 4.69) is 0 Å². The van der Waals surface area contributed by atoms with Crippen LogP contribution < -0.4 is 5.73 Å². The van der Waals surface area contributed by atoms with E-state index in [-0.39, 0.29) is 5.92 Å². The van der Waals surface area contributed by atoms with Gasteiger partial charge in [-0.25, -0.2) is 8.78 Å². The van der Waals surface area contributed by atoms with Crippen molar-refractivity contribution in [3.63, 3.8) is 0 Å². The fourth-order valence-corrected chi connectivity index (χ4v) is 2.38. The van der Waals surface area contributed by atoms with Crippen molar-refractivity contribution in [3.05, 3.63) is 70.2 Å². The van der Waals surface area contributed by atoms with Gasteiger partial charge in [0.15, 0.2) is 0 Å². The molecule has 2 N–H and O–H groups in total. The lowest BCUT2D eigenvalue weighted by Gasteiger charge is -2.15. The Labute approximate surface area is 122 Å². The average molecular weight is 296 g/mol. The summed E-state index contributed by atoms with van der Waals surface area (Å²) in [6.07, 6.45) is 1.31. The molecule has 0 aliphatic heterocycles. The summed E-state index contributed by atoms with van der Waals surface area (Å²) in [7, 11) is 0. The molecule has 0 bridgehead atoms. The van der Waals surface area contributed by atoms with Crippen LogP contribution in [0, 0.1) is 17.6 Å². The van der Waals surface area contributed by atoms with Crippen molar-refractivity contribution in [2.24, 2.45) is 11.7 Å². The highest BCUT2D eigenvalue weighted by Crippen LogP contribution is 2.18. The summed E-state index contributed by atoms with van der Waals surface area (Å²) in [4.78, 5) is 0. The minimum absolute atomic E-state index is 0.136. The number of nitrogens with two attached hydrogens (primary N) is 1. The summed E-state index contributed by atoms with van der Waals surface area (Å²) in [6, 6.07) is 11.1. The maximum Gasteiger partial charge on any atom is 0.126 e. The van der Waals surface area contributed by atoms with Gasteiger partial charge in [0.1, 0.15) is 11.6 Å². The highest BCUT2D eigenvalue weighted by Gasteiger charge is 2.11. The van der Waals surface area contributed by atoms with Gasteiger partial charge < -0.3 is 5.73 Å². The Balaban J connectivity index is 2.06. The highest BCUT2D eigenvalue weighted by molar-refractivity contribution is 6.30. The molecule has 1 unspecified atom stereocenters. The lowest BCUT2D eigenvalue weighted by Crippen LogP contribution is -2.19. The number of hydrogen-bond donors (Lipinski definition) is 1. The molecule has 2 rings (SSSR count). The Kier molecular flexibility index (Phi) is 5.10. The van der Waals surface area contributed by atoms with Crippen molar-refractivity contribution >= 4 is 11.6 Å². The third-order valence-corrected chi connectivity index (χ3v) is 3.47. The number of rotatable bonds is 5. The molecule has 0 saturated carbocycles. The third-order valence-electron chi connectivity index (χ3n) is 3.22. The molecule has 0 fully saturated rings. The highest BCUT2D eigenvalue weighted by atomic mass is 35.5. The molecular formula is C16H16ClF2N. The summed E-state index contributed by atoms with van der Waals surface area (Å²) in [6.45, 7) is 0.459. The topological polar surface area (TPSA) is 26.0 Å². The molecule has 106 valence electrons. The van der Waals surface area contributed by atoms with Gasteiger partial charge in [0.2, 0.25) is 0 Å². The van der Waals surface area contributed by atoms with E-state index in [1.54, 1.807) is 0 Å². The molecule has 0 radical (unpaired) electrons. The van der Waals surface area contributed by atoms with Crippen molar-refractivity contribution in [1.82, 2.24) is 0 Å². The quantitative estimate of drug-likeness (QED) is 0.887. The van der Waals surface area contributed by atoms with E-state index in [0.717, 1.165) is 18.1 Å². The molecule has 1 atom stereocenters.